The van der Waals surface area contributed by atoms with Crippen LogP contribution in [0.1, 0.15) is 50.7 Å². The number of Topliss-reactive ketones (excluding diaryl/α,β-unsaturated/α-hetero) is 2. The molecule has 1 fully saturated rings. The number of ether oxygens (including phenoxy) is 2. The summed E-state index contributed by atoms with van der Waals surface area (Å²) in [4.78, 5) is 52.4. The molecule has 1 N–H and O–H groups in total. The molecule has 0 aromatic heterocycles. The molecule has 2 atom stereocenters. The van der Waals surface area contributed by atoms with Crippen LogP contribution in [-0.4, -0.2) is 34.3 Å². The zero-order valence-electron chi connectivity index (χ0n) is 19.5. The van der Waals surface area contributed by atoms with Gasteiger partial charge in [0.25, 0.3) is 0 Å². The Bertz CT molecular complexity index is 1010. The summed E-state index contributed by atoms with van der Waals surface area (Å²) in [5, 5.41) is 0.757. The van der Waals surface area contributed by atoms with Gasteiger partial charge >= 0.3 is 12.2 Å². The van der Waals surface area contributed by atoms with Gasteiger partial charge in [-0.15, -0.1) is 0 Å². The van der Waals surface area contributed by atoms with Gasteiger partial charge in [-0.25, -0.2) is 15.0 Å². The van der Waals surface area contributed by atoms with Crippen molar-refractivity contribution in [2.24, 2.45) is 5.92 Å². The number of carbonyl (C=O) groups excluding carboxylic acids is 4. The Labute approximate surface area is 199 Å². The summed E-state index contributed by atoms with van der Waals surface area (Å²) in [6.07, 6.45) is -0.813. The van der Waals surface area contributed by atoms with Crippen molar-refractivity contribution in [2.75, 3.05) is 0 Å². The van der Waals surface area contributed by atoms with E-state index < -0.39 is 35.2 Å². The molecule has 2 aromatic rings. The lowest BCUT2D eigenvalue weighted by atomic mass is 9.82. The summed E-state index contributed by atoms with van der Waals surface area (Å²) in [5.74, 6) is -1.33. The van der Waals surface area contributed by atoms with Gasteiger partial charge in [0.2, 0.25) is 0 Å². The molecule has 3 rings (SSSR count). The molecule has 1 unspecified atom stereocenters. The van der Waals surface area contributed by atoms with E-state index in [-0.39, 0.29) is 26.1 Å². The largest absolute Gasteiger partial charge is 0.443 e. The summed E-state index contributed by atoms with van der Waals surface area (Å²) in [6.45, 7) is 3.41. The maximum Gasteiger partial charge on any atom is 0.430 e. The SMILES string of the molecule is CCC(C)C(=O)[C@@]1(N(NC(=O)OCc2ccccc2)C(=O)OCc2ccccc2)CCCC1=O. The fourth-order valence-corrected chi connectivity index (χ4v) is 3.98. The first-order valence-corrected chi connectivity index (χ1v) is 11.4. The van der Waals surface area contributed by atoms with E-state index in [1.54, 1.807) is 55.5 Å². The molecule has 0 saturated heterocycles. The molecule has 1 aliphatic carbocycles. The molecule has 2 aromatic carbocycles. The predicted octanol–water partition coefficient (Wildman–Crippen LogP) is 4.57. The Morgan fingerprint density at radius 2 is 1.53 bits per heavy atom. The normalized spacial score (nSPS) is 18.1. The average molecular weight is 467 g/mol. The lowest BCUT2D eigenvalue weighted by molar-refractivity contribution is -0.145. The second-order valence-electron chi connectivity index (χ2n) is 8.36. The Morgan fingerprint density at radius 3 is 2.03 bits per heavy atom. The number of ketones is 2. The van der Waals surface area contributed by atoms with E-state index in [1.165, 1.54) is 0 Å². The molecular formula is C26H30N2O6. The Balaban J connectivity index is 1.84. The molecule has 8 heteroatoms. The molecule has 34 heavy (non-hydrogen) atoms. The van der Waals surface area contributed by atoms with Gasteiger partial charge in [-0.2, -0.15) is 5.01 Å². The van der Waals surface area contributed by atoms with Gasteiger partial charge in [-0.3, -0.25) is 9.59 Å². The van der Waals surface area contributed by atoms with E-state index in [0.29, 0.717) is 12.8 Å². The molecule has 0 bridgehead atoms. The van der Waals surface area contributed by atoms with Crippen molar-refractivity contribution in [3.63, 3.8) is 0 Å². The van der Waals surface area contributed by atoms with E-state index in [9.17, 15) is 19.2 Å². The predicted molar refractivity (Wildman–Crippen MR) is 124 cm³/mol. The lowest BCUT2D eigenvalue weighted by Gasteiger charge is -2.38. The smallest absolute Gasteiger partial charge is 0.430 e. The zero-order valence-corrected chi connectivity index (χ0v) is 19.5. The quantitative estimate of drug-likeness (QED) is 0.452. The van der Waals surface area contributed by atoms with E-state index in [4.69, 9.17) is 9.47 Å². The van der Waals surface area contributed by atoms with Crippen LogP contribution in [0.4, 0.5) is 9.59 Å². The third kappa shape index (κ3) is 5.62. The molecule has 2 amide bonds. The topological polar surface area (TPSA) is 102 Å². The van der Waals surface area contributed by atoms with Crippen LogP contribution in [-0.2, 0) is 32.3 Å². The van der Waals surface area contributed by atoms with Gasteiger partial charge < -0.3 is 9.47 Å². The Morgan fingerprint density at radius 1 is 0.971 bits per heavy atom. The van der Waals surface area contributed by atoms with Crippen molar-refractivity contribution in [1.82, 2.24) is 10.4 Å². The van der Waals surface area contributed by atoms with Gasteiger partial charge in [0, 0.05) is 12.3 Å². The highest BCUT2D eigenvalue weighted by Gasteiger charge is 2.57. The van der Waals surface area contributed by atoms with E-state index >= 15 is 0 Å². The molecule has 1 aliphatic rings. The van der Waals surface area contributed by atoms with E-state index in [0.717, 1.165) is 16.1 Å². The van der Waals surface area contributed by atoms with Crippen molar-refractivity contribution in [1.29, 1.82) is 0 Å². The molecule has 8 nitrogen and oxygen atoms in total. The fourth-order valence-electron chi connectivity index (χ4n) is 3.98. The second-order valence-corrected chi connectivity index (χ2v) is 8.36. The van der Waals surface area contributed by atoms with Gasteiger partial charge in [-0.1, -0.05) is 74.5 Å². The number of rotatable bonds is 8. The van der Waals surface area contributed by atoms with Crippen molar-refractivity contribution in [3.8, 4) is 0 Å². The summed E-state index contributed by atoms with van der Waals surface area (Å²) in [5.41, 5.74) is 2.00. The van der Waals surface area contributed by atoms with Crippen LogP contribution in [0.2, 0.25) is 0 Å². The minimum absolute atomic E-state index is 0.0418. The van der Waals surface area contributed by atoms with E-state index in [1.807, 2.05) is 19.1 Å². The number of nitrogens with one attached hydrogen (secondary N) is 1. The van der Waals surface area contributed by atoms with Crippen LogP contribution in [0.5, 0.6) is 0 Å². The average Bonchev–Trinajstić information content (AvgIpc) is 3.26. The fraction of sp³-hybridized carbons (Fsp3) is 0.385. The third-order valence-corrected chi connectivity index (χ3v) is 6.06. The molecule has 1 saturated carbocycles. The van der Waals surface area contributed by atoms with Crippen molar-refractivity contribution >= 4 is 23.8 Å². The van der Waals surface area contributed by atoms with Crippen LogP contribution in [0.3, 0.4) is 0 Å². The first kappa shape index (κ1) is 25.0. The number of amides is 2. The lowest BCUT2D eigenvalue weighted by Crippen LogP contribution is -2.66. The highest BCUT2D eigenvalue weighted by molar-refractivity contribution is 6.15. The Kier molecular flexibility index (Phi) is 8.40. The van der Waals surface area contributed by atoms with Gasteiger partial charge in [0.1, 0.15) is 13.2 Å². The van der Waals surface area contributed by atoms with Crippen LogP contribution >= 0.6 is 0 Å². The van der Waals surface area contributed by atoms with Gasteiger partial charge in [0.15, 0.2) is 17.1 Å². The summed E-state index contributed by atoms with van der Waals surface area (Å²) < 4.78 is 10.7. The number of hydrogen-bond acceptors (Lipinski definition) is 6. The van der Waals surface area contributed by atoms with Crippen molar-refractivity contribution in [2.45, 2.75) is 58.3 Å². The molecule has 0 heterocycles. The maximum atomic E-state index is 13.4. The first-order chi connectivity index (χ1) is 16.4. The number of hydrogen-bond donors (Lipinski definition) is 1. The number of nitrogens with zero attached hydrogens (tertiary/aromatic N) is 1. The van der Waals surface area contributed by atoms with Crippen LogP contribution in [0.15, 0.2) is 60.7 Å². The minimum atomic E-state index is -1.82. The second kappa shape index (κ2) is 11.4. The standard InChI is InChI=1S/C26H30N2O6/c1-3-19(2)23(30)26(16-10-15-22(26)29)28(25(32)34-18-21-13-8-5-9-14-21)27-24(31)33-17-20-11-6-4-7-12-20/h4-9,11-14,19H,3,10,15-18H2,1-2H3,(H,27,31)/t19?,26-/m1/s1. The molecule has 0 aliphatic heterocycles. The number of carbonyl (C=O) groups is 4. The Hall–Kier alpha value is -3.68. The van der Waals surface area contributed by atoms with Crippen LogP contribution < -0.4 is 5.43 Å². The van der Waals surface area contributed by atoms with E-state index in [2.05, 4.69) is 5.43 Å². The highest BCUT2D eigenvalue weighted by atomic mass is 16.6. The monoisotopic (exact) mass is 466 g/mol. The van der Waals surface area contributed by atoms with Crippen molar-refractivity contribution < 1.29 is 28.7 Å². The zero-order chi connectivity index (χ0) is 24.6. The van der Waals surface area contributed by atoms with Crippen LogP contribution in [0.25, 0.3) is 0 Å². The number of hydrazine groups is 1. The minimum Gasteiger partial charge on any atom is -0.443 e. The molecular weight excluding hydrogens is 436 g/mol. The molecule has 180 valence electrons. The number of benzene rings is 2. The van der Waals surface area contributed by atoms with Crippen molar-refractivity contribution in [3.05, 3.63) is 71.8 Å². The molecule has 0 spiro atoms. The van der Waals surface area contributed by atoms with Crippen LogP contribution in [0, 0.1) is 5.92 Å². The van der Waals surface area contributed by atoms with Gasteiger partial charge in [-0.05, 0) is 30.4 Å². The summed E-state index contributed by atoms with van der Waals surface area (Å²) in [6, 6.07) is 18.0. The van der Waals surface area contributed by atoms with Gasteiger partial charge in [0.05, 0.1) is 0 Å². The highest BCUT2D eigenvalue weighted by Crippen LogP contribution is 2.36. The maximum absolute atomic E-state index is 13.4. The molecule has 0 radical (unpaired) electrons. The third-order valence-electron chi connectivity index (χ3n) is 6.06. The summed E-state index contributed by atoms with van der Waals surface area (Å²) >= 11 is 0. The first-order valence-electron chi connectivity index (χ1n) is 11.4. The summed E-state index contributed by atoms with van der Waals surface area (Å²) in [7, 11) is 0.